The Morgan fingerprint density at radius 3 is 2.30 bits per heavy atom. The fourth-order valence-electron chi connectivity index (χ4n) is 1.11. The zero-order valence-electron chi connectivity index (χ0n) is 5.24. The normalized spacial score (nSPS) is 12.6. The largest absolute Gasteiger partial charge is 0.351 e. The molecule has 2 N–H and O–H groups in total. The Labute approximate surface area is 58.1 Å². The number of primary amides is 1. The molecular formula is C7H6N2O. The van der Waals surface area contributed by atoms with Crippen LogP contribution in [0.3, 0.4) is 0 Å². The molecule has 2 bridgehead atoms. The standard InChI is InChI=1S/C7H6N2O/c8-7(10)9-5-2-1-3-6(9)4-5/h1-4H,(H2,8,10). The number of rotatable bonds is 0. The number of benzene rings is 1. The van der Waals surface area contributed by atoms with E-state index < -0.39 is 6.03 Å². The Morgan fingerprint density at radius 1 is 1.40 bits per heavy atom. The van der Waals surface area contributed by atoms with Crippen LogP contribution in [-0.2, 0) is 0 Å². The van der Waals surface area contributed by atoms with Crippen molar-refractivity contribution in [1.29, 1.82) is 0 Å². The van der Waals surface area contributed by atoms with Gasteiger partial charge in [-0.15, -0.1) is 0 Å². The molecule has 2 aliphatic heterocycles. The molecule has 2 aliphatic rings. The van der Waals surface area contributed by atoms with Gasteiger partial charge in [0.15, 0.2) is 0 Å². The summed E-state index contributed by atoms with van der Waals surface area (Å²) in [6.07, 6.45) is 0. The van der Waals surface area contributed by atoms with Gasteiger partial charge in [0.05, 0.1) is 11.4 Å². The molecule has 3 rings (SSSR count). The molecule has 0 spiro atoms. The third kappa shape index (κ3) is 0.466. The van der Waals surface area contributed by atoms with Crippen molar-refractivity contribution in [2.45, 2.75) is 0 Å². The molecule has 0 radical (unpaired) electrons. The minimum Gasteiger partial charge on any atom is -0.351 e. The lowest BCUT2D eigenvalue weighted by Crippen LogP contribution is -2.35. The minimum absolute atomic E-state index is 0.409. The molecule has 2 heterocycles. The predicted octanol–water partition coefficient (Wildman–Crippen LogP) is 1.22. The zero-order valence-corrected chi connectivity index (χ0v) is 5.24. The maximum absolute atomic E-state index is 10.6. The van der Waals surface area contributed by atoms with Crippen LogP contribution in [-0.4, -0.2) is 6.03 Å². The Balaban J connectivity index is 2.43. The van der Waals surface area contributed by atoms with E-state index >= 15 is 0 Å². The lowest BCUT2D eigenvalue weighted by atomic mass is 10.1. The van der Waals surface area contributed by atoms with Crippen LogP contribution in [0.1, 0.15) is 0 Å². The lowest BCUT2D eigenvalue weighted by molar-refractivity contribution is 0.255. The number of fused-ring (bicyclic) bond motifs is 2. The first-order valence-corrected chi connectivity index (χ1v) is 2.98. The minimum atomic E-state index is -0.409. The number of carbonyl (C=O) groups is 1. The van der Waals surface area contributed by atoms with Crippen molar-refractivity contribution in [2.75, 3.05) is 4.90 Å². The van der Waals surface area contributed by atoms with Gasteiger partial charge in [-0.2, -0.15) is 0 Å². The monoisotopic (exact) mass is 134 g/mol. The molecule has 1 aromatic carbocycles. The number of urea groups is 1. The zero-order chi connectivity index (χ0) is 7.14. The van der Waals surface area contributed by atoms with Gasteiger partial charge in [-0.05, 0) is 18.2 Å². The Kier molecular flexibility index (Phi) is 0.795. The van der Waals surface area contributed by atoms with E-state index in [0.29, 0.717) is 0 Å². The summed E-state index contributed by atoms with van der Waals surface area (Å²) in [6.45, 7) is 0. The van der Waals surface area contributed by atoms with Gasteiger partial charge in [0.1, 0.15) is 0 Å². The fraction of sp³-hybridized carbons (Fsp3) is 0. The molecule has 1 aromatic rings. The molecule has 3 nitrogen and oxygen atoms in total. The van der Waals surface area contributed by atoms with E-state index in [1.54, 1.807) is 0 Å². The number of hydrogen-bond acceptors (Lipinski definition) is 1. The summed E-state index contributed by atoms with van der Waals surface area (Å²) in [4.78, 5) is 12.1. The van der Waals surface area contributed by atoms with Gasteiger partial charge in [0, 0.05) is 0 Å². The molecule has 50 valence electrons. The van der Waals surface area contributed by atoms with Gasteiger partial charge in [-0.1, -0.05) is 6.07 Å². The molecule has 0 unspecified atom stereocenters. The first-order chi connectivity index (χ1) is 4.79. The summed E-state index contributed by atoms with van der Waals surface area (Å²) in [6, 6.07) is 7.08. The number of amides is 2. The lowest BCUT2D eigenvalue weighted by Gasteiger charge is -2.29. The smallest absolute Gasteiger partial charge is 0.323 e. The maximum Gasteiger partial charge on any atom is 0.323 e. The highest BCUT2D eigenvalue weighted by atomic mass is 16.2. The third-order valence-corrected chi connectivity index (χ3v) is 1.57. The Morgan fingerprint density at radius 2 is 2.00 bits per heavy atom. The van der Waals surface area contributed by atoms with Crippen LogP contribution in [0.15, 0.2) is 24.3 Å². The molecule has 2 amide bonds. The van der Waals surface area contributed by atoms with Crippen LogP contribution in [0.2, 0.25) is 0 Å². The summed E-state index contributed by atoms with van der Waals surface area (Å²) in [5.74, 6) is 0. The van der Waals surface area contributed by atoms with Crippen LogP contribution < -0.4 is 10.6 Å². The van der Waals surface area contributed by atoms with Crippen molar-refractivity contribution in [3.63, 3.8) is 0 Å². The summed E-state index contributed by atoms with van der Waals surface area (Å²) >= 11 is 0. The second kappa shape index (κ2) is 1.50. The molecular weight excluding hydrogens is 128 g/mol. The van der Waals surface area contributed by atoms with E-state index in [9.17, 15) is 4.79 Å². The van der Waals surface area contributed by atoms with Crippen LogP contribution in [0, 0.1) is 0 Å². The molecule has 0 aliphatic carbocycles. The van der Waals surface area contributed by atoms with Gasteiger partial charge in [0.2, 0.25) is 0 Å². The molecule has 10 heavy (non-hydrogen) atoms. The van der Waals surface area contributed by atoms with E-state index in [2.05, 4.69) is 0 Å². The van der Waals surface area contributed by atoms with Crippen molar-refractivity contribution < 1.29 is 4.79 Å². The molecule has 0 saturated carbocycles. The van der Waals surface area contributed by atoms with Crippen LogP contribution in [0.5, 0.6) is 0 Å². The van der Waals surface area contributed by atoms with Crippen molar-refractivity contribution in [1.82, 2.24) is 0 Å². The highest BCUT2D eigenvalue weighted by molar-refractivity contribution is 6.04. The molecule has 3 heteroatoms. The van der Waals surface area contributed by atoms with Gasteiger partial charge in [0.25, 0.3) is 0 Å². The number of carbonyl (C=O) groups excluding carboxylic acids is 1. The van der Waals surface area contributed by atoms with Gasteiger partial charge in [-0.25, -0.2) is 4.79 Å². The molecule has 0 saturated heterocycles. The summed E-state index contributed by atoms with van der Waals surface area (Å²) in [7, 11) is 0. The van der Waals surface area contributed by atoms with Crippen LogP contribution in [0.4, 0.5) is 16.2 Å². The number of nitrogens with two attached hydrogens (primary N) is 1. The SMILES string of the molecule is NC(=O)N1c2cccc1c2. The van der Waals surface area contributed by atoms with E-state index in [1.807, 2.05) is 24.3 Å². The fourth-order valence-corrected chi connectivity index (χ4v) is 1.11. The average Bonchev–Trinajstić information content (AvgIpc) is 1.87. The van der Waals surface area contributed by atoms with Crippen molar-refractivity contribution in [3.05, 3.63) is 24.3 Å². The summed E-state index contributed by atoms with van der Waals surface area (Å²) in [5, 5.41) is 0. The van der Waals surface area contributed by atoms with Gasteiger partial charge >= 0.3 is 6.03 Å². The van der Waals surface area contributed by atoms with Crippen molar-refractivity contribution in [2.24, 2.45) is 5.73 Å². The summed E-state index contributed by atoms with van der Waals surface area (Å²) in [5.41, 5.74) is 6.82. The Bertz CT molecular complexity index is 269. The van der Waals surface area contributed by atoms with Gasteiger partial charge in [-0.3, -0.25) is 4.90 Å². The van der Waals surface area contributed by atoms with E-state index in [1.165, 1.54) is 4.90 Å². The van der Waals surface area contributed by atoms with Crippen molar-refractivity contribution >= 4 is 17.4 Å². The highest BCUT2D eigenvalue weighted by Crippen LogP contribution is 2.36. The maximum atomic E-state index is 10.6. The topological polar surface area (TPSA) is 46.3 Å². The average molecular weight is 134 g/mol. The van der Waals surface area contributed by atoms with Crippen molar-refractivity contribution in [3.8, 4) is 0 Å². The first kappa shape index (κ1) is 5.29. The third-order valence-electron chi connectivity index (χ3n) is 1.57. The predicted molar refractivity (Wildman–Crippen MR) is 38.2 cm³/mol. The highest BCUT2D eigenvalue weighted by Gasteiger charge is 2.22. The van der Waals surface area contributed by atoms with E-state index in [4.69, 9.17) is 5.73 Å². The summed E-state index contributed by atoms with van der Waals surface area (Å²) < 4.78 is 0. The van der Waals surface area contributed by atoms with Crippen LogP contribution >= 0.6 is 0 Å². The van der Waals surface area contributed by atoms with E-state index in [0.717, 1.165) is 11.4 Å². The van der Waals surface area contributed by atoms with Gasteiger partial charge < -0.3 is 5.73 Å². The second-order valence-electron chi connectivity index (χ2n) is 2.19. The quantitative estimate of drug-likeness (QED) is 0.569. The number of nitrogens with zero attached hydrogens (tertiary/aromatic N) is 1. The molecule has 0 aromatic heterocycles. The first-order valence-electron chi connectivity index (χ1n) is 2.98. The Hall–Kier alpha value is -1.51. The molecule has 0 fully saturated rings. The number of anilines is 2. The molecule has 0 atom stereocenters. The second-order valence-corrected chi connectivity index (χ2v) is 2.19. The van der Waals surface area contributed by atoms with Crippen LogP contribution in [0.25, 0.3) is 0 Å². The number of hydrogen-bond donors (Lipinski definition) is 1. The van der Waals surface area contributed by atoms with E-state index in [-0.39, 0.29) is 0 Å².